The quantitative estimate of drug-likeness (QED) is 0.915. The summed E-state index contributed by atoms with van der Waals surface area (Å²) in [5.74, 6) is 0.813. The predicted octanol–water partition coefficient (Wildman–Crippen LogP) is 2.78. The summed E-state index contributed by atoms with van der Waals surface area (Å²) in [6.07, 6.45) is 12.6. The molecule has 2 unspecified atom stereocenters. The summed E-state index contributed by atoms with van der Waals surface area (Å²) in [5, 5.41) is 3.36. The van der Waals surface area contributed by atoms with Crippen molar-refractivity contribution in [1.29, 1.82) is 0 Å². The van der Waals surface area contributed by atoms with Crippen LogP contribution in [-0.4, -0.2) is 28.7 Å². The fourth-order valence-electron chi connectivity index (χ4n) is 2.27. The molecule has 4 heteroatoms. The molecule has 2 atom stereocenters. The van der Waals surface area contributed by atoms with Crippen molar-refractivity contribution in [1.82, 2.24) is 15.3 Å². The molecule has 1 saturated heterocycles. The standard InChI is InChI=1S/C17H19N3O/c1-13(17-6-9-20-17)21-16-10-15(11-19-12-16)3-2-14-4-7-18-8-5-14/h2-5,7-8,10-13,17,20H,6,9H2,1H3. The molecule has 0 spiro atoms. The lowest BCUT2D eigenvalue weighted by molar-refractivity contribution is 0.133. The van der Waals surface area contributed by atoms with Crippen molar-refractivity contribution in [3.05, 3.63) is 54.1 Å². The fraction of sp³-hybridized carbons (Fsp3) is 0.294. The van der Waals surface area contributed by atoms with Gasteiger partial charge < -0.3 is 10.1 Å². The molecule has 1 aliphatic rings. The molecule has 108 valence electrons. The number of hydrogen-bond donors (Lipinski definition) is 1. The van der Waals surface area contributed by atoms with E-state index < -0.39 is 0 Å². The first-order chi connectivity index (χ1) is 10.3. The molecule has 1 N–H and O–H groups in total. The lowest BCUT2D eigenvalue weighted by Gasteiger charge is -2.33. The van der Waals surface area contributed by atoms with Crippen LogP contribution in [0.1, 0.15) is 24.5 Å². The van der Waals surface area contributed by atoms with E-state index in [1.54, 1.807) is 18.6 Å². The number of nitrogens with one attached hydrogen (secondary N) is 1. The van der Waals surface area contributed by atoms with Gasteiger partial charge in [-0.05, 0) is 49.2 Å². The molecule has 0 amide bonds. The molecule has 0 aromatic carbocycles. The van der Waals surface area contributed by atoms with Crippen LogP contribution in [0.3, 0.4) is 0 Å². The Labute approximate surface area is 124 Å². The Kier molecular flexibility index (Phi) is 4.26. The van der Waals surface area contributed by atoms with Gasteiger partial charge in [-0.1, -0.05) is 12.2 Å². The maximum atomic E-state index is 5.94. The molecule has 2 aromatic rings. The summed E-state index contributed by atoms with van der Waals surface area (Å²) in [6, 6.07) is 6.41. The normalized spacial score (nSPS) is 19.2. The molecule has 0 radical (unpaired) electrons. The van der Waals surface area contributed by atoms with Crippen molar-refractivity contribution < 1.29 is 4.74 Å². The largest absolute Gasteiger partial charge is 0.487 e. The average molecular weight is 281 g/mol. The van der Waals surface area contributed by atoms with Gasteiger partial charge in [0.15, 0.2) is 0 Å². The van der Waals surface area contributed by atoms with Gasteiger partial charge >= 0.3 is 0 Å². The Morgan fingerprint density at radius 2 is 1.95 bits per heavy atom. The predicted molar refractivity (Wildman–Crippen MR) is 83.9 cm³/mol. The Morgan fingerprint density at radius 1 is 1.19 bits per heavy atom. The third-order valence-electron chi connectivity index (χ3n) is 3.66. The Balaban J connectivity index is 1.66. The molecule has 21 heavy (non-hydrogen) atoms. The van der Waals surface area contributed by atoms with Crippen molar-refractivity contribution >= 4 is 12.2 Å². The molecule has 0 saturated carbocycles. The van der Waals surface area contributed by atoms with E-state index in [9.17, 15) is 0 Å². The van der Waals surface area contributed by atoms with E-state index in [0.29, 0.717) is 6.04 Å². The van der Waals surface area contributed by atoms with Crippen LogP contribution in [0, 0.1) is 0 Å². The van der Waals surface area contributed by atoms with Crippen LogP contribution in [0.4, 0.5) is 0 Å². The highest BCUT2D eigenvalue weighted by atomic mass is 16.5. The SMILES string of the molecule is CC(Oc1cncc(C=Cc2ccncc2)c1)C1CCN1. The number of hydrogen-bond acceptors (Lipinski definition) is 4. The molecular weight excluding hydrogens is 262 g/mol. The Morgan fingerprint density at radius 3 is 2.67 bits per heavy atom. The van der Waals surface area contributed by atoms with Crippen molar-refractivity contribution in [2.24, 2.45) is 0 Å². The highest BCUT2D eigenvalue weighted by Crippen LogP contribution is 2.18. The van der Waals surface area contributed by atoms with E-state index in [-0.39, 0.29) is 6.10 Å². The summed E-state index contributed by atoms with van der Waals surface area (Å²) in [4.78, 5) is 8.25. The van der Waals surface area contributed by atoms with E-state index >= 15 is 0 Å². The first-order valence-electron chi connectivity index (χ1n) is 7.24. The van der Waals surface area contributed by atoms with Gasteiger partial charge in [0.2, 0.25) is 0 Å². The molecule has 3 rings (SSSR count). The lowest BCUT2D eigenvalue weighted by Crippen LogP contribution is -2.51. The summed E-state index contributed by atoms with van der Waals surface area (Å²) in [5.41, 5.74) is 2.14. The summed E-state index contributed by atoms with van der Waals surface area (Å²) in [6.45, 7) is 3.18. The van der Waals surface area contributed by atoms with E-state index in [2.05, 4.69) is 22.2 Å². The molecule has 2 aromatic heterocycles. The maximum Gasteiger partial charge on any atom is 0.138 e. The minimum Gasteiger partial charge on any atom is -0.487 e. The summed E-state index contributed by atoms with van der Waals surface area (Å²) in [7, 11) is 0. The highest BCUT2D eigenvalue weighted by Gasteiger charge is 2.24. The summed E-state index contributed by atoms with van der Waals surface area (Å²) < 4.78 is 5.94. The lowest BCUT2D eigenvalue weighted by atomic mass is 10.0. The van der Waals surface area contributed by atoms with E-state index in [0.717, 1.165) is 23.4 Å². The Bertz CT molecular complexity index is 608. The molecule has 1 aliphatic heterocycles. The Hall–Kier alpha value is -2.20. The number of aromatic nitrogens is 2. The second kappa shape index (κ2) is 6.50. The number of rotatable bonds is 5. The third kappa shape index (κ3) is 3.67. The third-order valence-corrected chi connectivity index (χ3v) is 3.66. The van der Waals surface area contributed by atoms with Crippen molar-refractivity contribution in [2.75, 3.05) is 6.54 Å². The zero-order valence-corrected chi connectivity index (χ0v) is 12.1. The first-order valence-corrected chi connectivity index (χ1v) is 7.24. The second-order valence-corrected chi connectivity index (χ2v) is 5.24. The second-order valence-electron chi connectivity index (χ2n) is 5.24. The molecule has 4 nitrogen and oxygen atoms in total. The van der Waals surface area contributed by atoms with Crippen LogP contribution in [0.15, 0.2) is 43.0 Å². The van der Waals surface area contributed by atoms with Crippen molar-refractivity contribution in [2.45, 2.75) is 25.5 Å². The first kappa shape index (κ1) is 13.8. The number of ether oxygens (including phenoxy) is 1. The van der Waals surface area contributed by atoms with Gasteiger partial charge in [0.05, 0.1) is 6.20 Å². The summed E-state index contributed by atoms with van der Waals surface area (Å²) >= 11 is 0. The van der Waals surface area contributed by atoms with E-state index in [1.807, 2.05) is 36.5 Å². The van der Waals surface area contributed by atoms with Crippen LogP contribution in [0.5, 0.6) is 5.75 Å². The zero-order chi connectivity index (χ0) is 14.5. The molecule has 1 fully saturated rings. The topological polar surface area (TPSA) is 47.0 Å². The van der Waals surface area contributed by atoms with Crippen molar-refractivity contribution in [3.8, 4) is 5.75 Å². The average Bonchev–Trinajstić information content (AvgIpc) is 2.45. The van der Waals surface area contributed by atoms with Gasteiger partial charge in [0, 0.05) is 24.6 Å². The van der Waals surface area contributed by atoms with Gasteiger partial charge in [0.25, 0.3) is 0 Å². The maximum absolute atomic E-state index is 5.94. The zero-order valence-electron chi connectivity index (χ0n) is 12.1. The number of nitrogens with zero attached hydrogens (tertiary/aromatic N) is 2. The van der Waals surface area contributed by atoms with Crippen LogP contribution in [-0.2, 0) is 0 Å². The molecule has 3 heterocycles. The molecule has 0 bridgehead atoms. The van der Waals surface area contributed by atoms with Gasteiger partial charge in [-0.25, -0.2) is 0 Å². The van der Waals surface area contributed by atoms with Crippen LogP contribution in [0.25, 0.3) is 12.2 Å². The smallest absolute Gasteiger partial charge is 0.138 e. The van der Waals surface area contributed by atoms with Gasteiger partial charge in [-0.2, -0.15) is 0 Å². The molecule has 0 aliphatic carbocycles. The van der Waals surface area contributed by atoms with Crippen molar-refractivity contribution in [3.63, 3.8) is 0 Å². The van der Waals surface area contributed by atoms with E-state index in [1.165, 1.54) is 6.42 Å². The van der Waals surface area contributed by atoms with Gasteiger partial charge in [-0.15, -0.1) is 0 Å². The van der Waals surface area contributed by atoms with Gasteiger partial charge in [0.1, 0.15) is 11.9 Å². The van der Waals surface area contributed by atoms with Crippen LogP contribution >= 0.6 is 0 Å². The van der Waals surface area contributed by atoms with Crippen LogP contribution < -0.4 is 10.1 Å². The minimum atomic E-state index is 0.167. The van der Waals surface area contributed by atoms with Gasteiger partial charge in [-0.3, -0.25) is 9.97 Å². The monoisotopic (exact) mass is 281 g/mol. The number of pyridine rings is 2. The fourth-order valence-corrected chi connectivity index (χ4v) is 2.27. The van der Waals surface area contributed by atoms with Crippen LogP contribution in [0.2, 0.25) is 0 Å². The van der Waals surface area contributed by atoms with E-state index in [4.69, 9.17) is 4.74 Å². The minimum absolute atomic E-state index is 0.167. The molecular formula is C17H19N3O. The highest BCUT2D eigenvalue weighted by molar-refractivity contribution is 5.69.